The van der Waals surface area contributed by atoms with Gasteiger partial charge in [0.1, 0.15) is 17.4 Å². The summed E-state index contributed by atoms with van der Waals surface area (Å²) in [6.07, 6.45) is -0.120. The van der Waals surface area contributed by atoms with E-state index in [1.54, 1.807) is 13.8 Å². The highest BCUT2D eigenvalue weighted by Gasteiger charge is 2.29. The SMILES string of the molecule is CC(C)(C(=O)Cc1cc(F)ccc1F)c1ccccc1. The lowest BCUT2D eigenvalue weighted by molar-refractivity contribution is -0.122. The van der Waals surface area contributed by atoms with Crippen molar-refractivity contribution in [3.8, 4) is 0 Å². The first kappa shape index (κ1) is 14.4. The third-order valence-corrected chi connectivity index (χ3v) is 3.55. The zero-order chi connectivity index (χ0) is 14.8. The molecule has 0 fully saturated rings. The predicted molar refractivity (Wildman–Crippen MR) is 74.5 cm³/mol. The van der Waals surface area contributed by atoms with E-state index in [2.05, 4.69) is 0 Å². The van der Waals surface area contributed by atoms with Crippen LogP contribution in [0, 0.1) is 11.6 Å². The van der Waals surface area contributed by atoms with Crippen molar-refractivity contribution in [1.82, 2.24) is 0 Å². The minimum atomic E-state index is -0.736. The van der Waals surface area contributed by atoms with Crippen LogP contribution in [0.2, 0.25) is 0 Å². The topological polar surface area (TPSA) is 17.1 Å². The summed E-state index contributed by atoms with van der Waals surface area (Å²) in [7, 11) is 0. The number of ketones is 1. The third kappa shape index (κ3) is 2.93. The molecule has 0 atom stereocenters. The number of hydrogen-bond acceptors (Lipinski definition) is 1. The van der Waals surface area contributed by atoms with Gasteiger partial charge in [-0.2, -0.15) is 0 Å². The molecule has 0 bridgehead atoms. The summed E-state index contributed by atoms with van der Waals surface area (Å²) in [5.41, 5.74) is 0.223. The van der Waals surface area contributed by atoms with Crippen molar-refractivity contribution in [2.75, 3.05) is 0 Å². The van der Waals surface area contributed by atoms with Gasteiger partial charge >= 0.3 is 0 Å². The molecule has 3 heteroatoms. The molecule has 104 valence electrons. The Labute approximate surface area is 117 Å². The summed E-state index contributed by atoms with van der Waals surface area (Å²) in [4.78, 5) is 12.4. The second kappa shape index (κ2) is 5.53. The molecule has 0 amide bonds. The molecular weight excluding hydrogens is 258 g/mol. The summed E-state index contributed by atoms with van der Waals surface area (Å²) in [6, 6.07) is 12.5. The van der Waals surface area contributed by atoms with Gasteiger partial charge in [0.2, 0.25) is 0 Å². The maximum Gasteiger partial charge on any atom is 0.147 e. The number of halogens is 2. The fourth-order valence-corrected chi connectivity index (χ4v) is 2.09. The number of rotatable bonds is 4. The highest BCUT2D eigenvalue weighted by Crippen LogP contribution is 2.26. The largest absolute Gasteiger partial charge is 0.298 e. The van der Waals surface area contributed by atoms with Gasteiger partial charge in [0, 0.05) is 11.8 Å². The van der Waals surface area contributed by atoms with Gasteiger partial charge in [0.15, 0.2) is 0 Å². The van der Waals surface area contributed by atoms with Crippen LogP contribution >= 0.6 is 0 Å². The molecule has 2 rings (SSSR count). The second-order valence-corrected chi connectivity index (χ2v) is 5.33. The van der Waals surface area contributed by atoms with E-state index in [1.165, 1.54) is 0 Å². The van der Waals surface area contributed by atoms with Crippen molar-refractivity contribution >= 4 is 5.78 Å². The summed E-state index contributed by atoms with van der Waals surface area (Å²) >= 11 is 0. The van der Waals surface area contributed by atoms with Crippen LogP contribution in [0.3, 0.4) is 0 Å². The molecule has 0 N–H and O–H groups in total. The molecule has 0 aliphatic rings. The van der Waals surface area contributed by atoms with Crippen LogP contribution < -0.4 is 0 Å². The molecular formula is C17H16F2O. The van der Waals surface area contributed by atoms with E-state index in [9.17, 15) is 13.6 Å². The van der Waals surface area contributed by atoms with Gasteiger partial charge in [0.05, 0.1) is 0 Å². The Kier molecular flexibility index (Phi) is 3.98. The van der Waals surface area contributed by atoms with E-state index in [4.69, 9.17) is 0 Å². The standard InChI is InChI=1S/C17H16F2O/c1-17(2,13-6-4-3-5-7-13)16(20)11-12-10-14(18)8-9-15(12)19/h3-10H,11H2,1-2H3. The van der Waals surface area contributed by atoms with Crippen LogP contribution in [0.4, 0.5) is 8.78 Å². The zero-order valence-electron chi connectivity index (χ0n) is 11.5. The summed E-state index contributed by atoms with van der Waals surface area (Å²) in [6.45, 7) is 3.59. The van der Waals surface area contributed by atoms with E-state index >= 15 is 0 Å². The van der Waals surface area contributed by atoms with Gasteiger partial charge in [-0.25, -0.2) is 8.78 Å². The first-order chi connectivity index (χ1) is 9.41. The Morgan fingerprint density at radius 1 is 1.05 bits per heavy atom. The quantitative estimate of drug-likeness (QED) is 0.822. The van der Waals surface area contributed by atoms with Gasteiger partial charge in [0.25, 0.3) is 0 Å². The lowest BCUT2D eigenvalue weighted by Crippen LogP contribution is -2.30. The Hall–Kier alpha value is -2.03. The van der Waals surface area contributed by atoms with Crippen LogP contribution in [0.5, 0.6) is 0 Å². The van der Waals surface area contributed by atoms with Gasteiger partial charge in [-0.15, -0.1) is 0 Å². The lowest BCUT2D eigenvalue weighted by atomic mass is 9.78. The summed E-state index contributed by atoms with van der Waals surface area (Å²) in [5, 5.41) is 0. The van der Waals surface area contributed by atoms with Crippen molar-refractivity contribution in [3.63, 3.8) is 0 Å². The molecule has 1 nitrogen and oxygen atoms in total. The fraction of sp³-hybridized carbons (Fsp3) is 0.235. The first-order valence-corrected chi connectivity index (χ1v) is 6.44. The van der Waals surface area contributed by atoms with Gasteiger partial charge < -0.3 is 0 Å². The second-order valence-electron chi connectivity index (χ2n) is 5.33. The molecule has 0 aromatic heterocycles. The number of benzene rings is 2. The molecule has 20 heavy (non-hydrogen) atoms. The van der Waals surface area contributed by atoms with Crippen LogP contribution in [0.1, 0.15) is 25.0 Å². The Morgan fingerprint density at radius 2 is 1.70 bits per heavy atom. The van der Waals surface area contributed by atoms with Gasteiger partial charge in [-0.05, 0) is 43.2 Å². The lowest BCUT2D eigenvalue weighted by Gasteiger charge is -2.23. The zero-order valence-corrected chi connectivity index (χ0v) is 11.5. The van der Waals surface area contributed by atoms with E-state index < -0.39 is 17.0 Å². The smallest absolute Gasteiger partial charge is 0.147 e. The molecule has 2 aromatic rings. The van der Waals surface area contributed by atoms with Crippen LogP contribution in [-0.2, 0) is 16.6 Å². The number of Topliss-reactive ketones (excluding diaryl/α,β-unsaturated/α-hetero) is 1. The highest BCUT2D eigenvalue weighted by atomic mass is 19.1. The highest BCUT2D eigenvalue weighted by molar-refractivity contribution is 5.91. The van der Waals surface area contributed by atoms with Gasteiger partial charge in [-0.1, -0.05) is 30.3 Å². The van der Waals surface area contributed by atoms with E-state index in [0.29, 0.717) is 0 Å². The molecule has 0 saturated carbocycles. The minimum absolute atomic E-state index is 0.0963. The monoisotopic (exact) mass is 274 g/mol. The van der Waals surface area contributed by atoms with Crippen molar-refractivity contribution in [2.24, 2.45) is 0 Å². The molecule has 0 heterocycles. The van der Waals surface area contributed by atoms with E-state index in [0.717, 1.165) is 23.8 Å². The summed E-state index contributed by atoms with van der Waals surface area (Å²) < 4.78 is 26.7. The molecule has 0 aliphatic carbocycles. The van der Waals surface area contributed by atoms with Gasteiger partial charge in [-0.3, -0.25) is 4.79 Å². The minimum Gasteiger partial charge on any atom is -0.298 e. The van der Waals surface area contributed by atoms with Crippen molar-refractivity contribution in [2.45, 2.75) is 25.7 Å². The Bertz CT molecular complexity index is 618. The number of hydrogen-bond donors (Lipinski definition) is 0. The summed E-state index contributed by atoms with van der Waals surface area (Å²) in [5.74, 6) is -1.23. The molecule has 0 unspecified atom stereocenters. The van der Waals surface area contributed by atoms with Crippen LogP contribution in [0.15, 0.2) is 48.5 Å². The molecule has 0 aliphatic heterocycles. The van der Waals surface area contributed by atoms with Crippen molar-refractivity contribution in [3.05, 3.63) is 71.3 Å². The first-order valence-electron chi connectivity index (χ1n) is 6.44. The van der Waals surface area contributed by atoms with E-state index in [1.807, 2.05) is 30.3 Å². The Balaban J connectivity index is 2.26. The van der Waals surface area contributed by atoms with E-state index in [-0.39, 0.29) is 17.8 Å². The average molecular weight is 274 g/mol. The molecule has 0 radical (unpaired) electrons. The number of carbonyl (C=O) groups is 1. The molecule has 0 saturated heterocycles. The van der Waals surface area contributed by atoms with Crippen LogP contribution in [0.25, 0.3) is 0 Å². The van der Waals surface area contributed by atoms with Crippen molar-refractivity contribution in [1.29, 1.82) is 0 Å². The predicted octanol–water partition coefficient (Wildman–Crippen LogP) is 4.05. The molecule has 2 aromatic carbocycles. The maximum absolute atomic E-state index is 13.6. The van der Waals surface area contributed by atoms with Crippen molar-refractivity contribution < 1.29 is 13.6 Å². The molecule has 0 spiro atoms. The third-order valence-electron chi connectivity index (χ3n) is 3.55. The normalized spacial score (nSPS) is 11.4. The number of carbonyl (C=O) groups excluding carboxylic acids is 1. The maximum atomic E-state index is 13.6. The average Bonchev–Trinajstić information content (AvgIpc) is 2.43. The fourth-order valence-electron chi connectivity index (χ4n) is 2.09. The Morgan fingerprint density at radius 3 is 2.35 bits per heavy atom. The van der Waals surface area contributed by atoms with Crippen LogP contribution in [-0.4, -0.2) is 5.78 Å².